The smallest absolute Gasteiger partial charge is 0.406 e. The first-order chi connectivity index (χ1) is 11.8. The number of ether oxygens (including phenoxy) is 1. The van der Waals surface area contributed by atoms with Crippen molar-refractivity contribution in [2.45, 2.75) is 12.9 Å². The van der Waals surface area contributed by atoms with Crippen LogP contribution in [0.3, 0.4) is 0 Å². The van der Waals surface area contributed by atoms with Crippen molar-refractivity contribution >= 4 is 27.3 Å². The van der Waals surface area contributed by atoms with Gasteiger partial charge in [0.25, 0.3) is 5.91 Å². The van der Waals surface area contributed by atoms with Crippen LogP contribution in [0.15, 0.2) is 54.6 Å². The molecule has 0 N–H and O–H groups in total. The maximum Gasteiger partial charge on any atom is 0.573 e. The highest BCUT2D eigenvalue weighted by molar-refractivity contribution is 7.20. The van der Waals surface area contributed by atoms with Crippen LogP contribution in [0.2, 0.25) is 0 Å². The quantitative estimate of drug-likeness (QED) is 0.646. The van der Waals surface area contributed by atoms with E-state index < -0.39 is 6.36 Å². The molecule has 3 rings (SSSR count). The molecule has 0 fully saturated rings. The van der Waals surface area contributed by atoms with Crippen molar-refractivity contribution in [2.75, 3.05) is 7.05 Å². The number of carbonyl (C=O) groups excluding carboxylic acids is 1. The first-order valence-corrected chi connectivity index (χ1v) is 8.22. The van der Waals surface area contributed by atoms with Gasteiger partial charge in [0.1, 0.15) is 5.75 Å². The number of halogens is 3. The lowest BCUT2D eigenvalue weighted by molar-refractivity contribution is -0.274. The Hall–Kier alpha value is -2.54. The fourth-order valence-corrected chi connectivity index (χ4v) is 3.47. The van der Waals surface area contributed by atoms with Crippen LogP contribution in [0.5, 0.6) is 5.75 Å². The Morgan fingerprint density at radius 2 is 1.80 bits per heavy atom. The number of benzene rings is 2. The zero-order valence-corrected chi connectivity index (χ0v) is 14.0. The molecule has 1 amide bonds. The molecule has 3 aromatic rings. The van der Waals surface area contributed by atoms with Gasteiger partial charge in [0.05, 0.1) is 4.88 Å². The summed E-state index contributed by atoms with van der Waals surface area (Å²) in [5.74, 6) is -0.411. The number of carbonyl (C=O) groups is 1. The highest BCUT2D eigenvalue weighted by Crippen LogP contribution is 2.27. The molecule has 7 heteroatoms. The zero-order chi connectivity index (χ0) is 18.0. The summed E-state index contributed by atoms with van der Waals surface area (Å²) in [5, 5.41) is 1.01. The molecule has 0 saturated carbocycles. The molecule has 0 saturated heterocycles. The van der Waals surface area contributed by atoms with E-state index in [0.717, 1.165) is 10.1 Å². The number of fused-ring (bicyclic) bond motifs is 1. The molecule has 0 aliphatic carbocycles. The minimum atomic E-state index is -4.71. The van der Waals surface area contributed by atoms with Crippen LogP contribution in [0.25, 0.3) is 10.1 Å². The van der Waals surface area contributed by atoms with E-state index in [1.54, 1.807) is 7.05 Å². The van der Waals surface area contributed by atoms with E-state index in [9.17, 15) is 18.0 Å². The maximum absolute atomic E-state index is 12.5. The molecule has 0 unspecified atom stereocenters. The van der Waals surface area contributed by atoms with Crippen molar-refractivity contribution in [2.24, 2.45) is 0 Å². The van der Waals surface area contributed by atoms with E-state index >= 15 is 0 Å². The van der Waals surface area contributed by atoms with Crippen LogP contribution in [-0.2, 0) is 6.54 Å². The van der Waals surface area contributed by atoms with Crippen molar-refractivity contribution in [3.05, 3.63) is 65.0 Å². The average Bonchev–Trinajstić information content (AvgIpc) is 2.98. The maximum atomic E-state index is 12.5. The lowest BCUT2D eigenvalue weighted by atomic mass is 10.2. The molecular weight excluding hydrogens is 351 g/mol. The summed E-state index contributed by atoms with van der Waals surface area (Å²) in [5.41, 5.74) is 0.714. The van der Waals surface area contributed by atoms with Crippen molar-refractivity contribution in [1.29, 1.82) is 0 Å². The van der Waals surface area contributed by atoms with Crippen LogP contribution in [-0.4, -0.2) is 24.2 Å². The normalized spacial score (nSPS) is 11.5. The van der Waals surface area contributed by atoms with E-state index in [0.29, 0.717) is 17.0 Å². The monoisotopic (exact) mass is 365 g/mol. The standard InChI is InChI=1S/C18H14F3NO2S/c1-22(11-12-6-8-14(9-7-12)24-18(19,20)21)17(23)16-10-13-4-2-3-5-15(13)25-16/h2-10H,11H2,1H3. The van der Waals surface area contributed by atoms with Gasteiger partial charge in [0.15, 0.2) is 0 Å². The van der Waals surface area contributed by atoms with Gasteiger partial charge >= 0.3 is 6.36 Å². The number of hydrogen-bond acceptors (Lipinski definition) is 3. The second kappa shape index (κ2) is 6.76. The highest BCUT2D eigenvalue weighted by atomic mass is 32.1. The molecule has 1 aromatic heterocycles. The number of nitrogens with zero attached hydrogens (tertiary/aromatic N) is 1. The average molecular weight is 365 g/mol. The summed E-state index contributed by atoms with van der Waals surface area (Å²) in [4.78, 5) is 14.7. The zero-order valence-electron chi connectivity index (χ0n) is 13.2. The number of amides is 1. The first kappa shape index (κ1) is 17.3. The number of alkyl halides is 3. The van der Waals surface area contributed by atoms with Crippen LogP contribution in [0.4, 0.5) is 13.2 Å². The van der Waals surface area contributed by atoms with Crippen LogP contribution in [0, 0.1) is 0 Å². The van der Waals surface area contributed by atoms with Gasteiger partial charge in [-0.25, -0.2) is 0 Å². The van der Waals surface area contributed by atoms with Crippen molar-refractivity contribution in [3.8, 4) is 5.75 Å². The predicted molar refractivity (Wildman–Crippen MR) is 90.7 cm³/mol. The van der Waals surface area contributed by atoms with E-state index in [1.807, 2.05) is 30.3 Å². The topological polar surface area (TPSA) is 29.5 Å². The Kier molecular flexibility index (Phi) is 4.67. The Balaban J connectivity index is 1.68. The fourth-order valence-electron chi connectivity index (χ4n) is 2.42. The molecule has 0 aliphatic rings. The molecule has 1 heterocycles. The third-order valence-corrected chi connectivity index (χ3v) is 4.66. The van der Waals surface area contributed by atoms with Crippen LogP contribution < -0.4 is 4.74 Å². The largest absolute Gasteiger partial charge is 0.573 e. The van der Waals surface area contributed by atoms with Gasteiger partial charge in [-0.15, -0.1) is 24.5 Å². The SMILES string of the molecule is CN(Cc1ccc(OC(F)(F)F)cc1)C(=O)c1cc2ccccc2s1. The number of hydrogen-bond donors (Lipinski definition) is 0. The molecule has 130 valence electrons. The molecule has 0 atom stereocenters. The van der Waals surface area contributed by atoms with Gasteiger partial charge in [0, 0.05) is 18.3 Å². The number of rotatable bonds is 4. The summed E-state index contributed by atoms with van der Waals surface area (Å²) in [6, 6.07) is 15.1. The third-order valence-electron chi connectivity index (χ3n) is 3.56. The molecular formula is C18H14F3NO2S. The van der Waals surface area contributed by atoms with E-state index in [-0.39, 0.29) is 11.7 Å². The summed E-state index contributed by atoms with van der Waals surface area (Å²) in [7, 11) is 1.66. The van der Waals surface area contributed by atoms with Gasteiger partial charge in [0.2, 0.25) is 0 Å². The summed E-state index contributed by atoms with van der Waals surface area (Å²) < 4.78 is 41.3. The molecule has 2 aromatic carbocycles. The predicted octanol–water partition coefficient (Wildman–Crippen LogP) is 5.07. The van der Waals surface area contributed by atoms with Gasteiger partial charge in [-0.2, -0.15) is 0 Å². The first-order valence-electron chi connectivity index (χ1n) is 7.40. The van der Waals surface area contributed by atoms with Gasteiger partial charge < -0.3 is 9.64 Å². The lowest BCUT2D eigenvalue weighted by Crippen LogP contribution is -2.25. The molecule has 0 bridgehead atoms. The van der Waals surface area contributed by atoms with Crippen molar-refractivity contribution in [1.82, 2.24) is 4.90 Å². The Morgan fingerprint density at radius 1 is 1.12 bits per heavy atom. The minimum absolute atomic E-state index is 0.128. The Morgan fingerprint density at radius 3 is 2.44 bits per heavy atom. The minimum Gasteiger partial charge on any atom is -0.406 e. The summed E-state index contributed by atoms with van der Waals surface area (Å²) >= 11 is 1.42. The van der Waals surface area contributed by atoms with E-state index in [4.69, 9.17) is 0 Å². The Bertz CT molecular complexity index is 854. The van der Waals surface area contributed by atoms with Crippen molar-refractivity contribution < 1.29 is 22.7 Å². The Labute approximate surface area is 146 Å². The van der Waals surface area contributed by atoms with Crippen LogP contribution in [0.1, 0.15) is 15.2 Å². The summed E-state index contributed by atoms with van der Waals surface area (Å²) in [6.45, 7) is 0.291. The van der Waals surface area contributed by atoms with Crippen molar-refractivity contribution in [3.63, 3.8) is 0 Å². The second-order valence-electron chi connectivity index (χ2n) is 5.50. The molecule has 0 aliphatic heterocycles. The van der Waals surface area contributed by atoms with Gasteiger partial charge in [-0.3, -0.25) is 4.79 Å². The number of thiophene rings is 1. The lowest BCUT2D eigenvalue weighted by Gasteiger charge is -2.16. The third kappa shape index (κ3) is 4.30. The highest BCUT2D eigenvalue weighted by Gasteiger charge is 2.31. The van der Waals surface area contributed by atoms with Gasteiger partial charge in [-0.05, 0) is 35.2 Å². The van der Waals surface area contributed by atoms with E-state index in [1.165, 1.54) is 40.5 Å². The summed E-state index contributed by atoms with van der Waals surface area (Å²) in [6.07, 6.45) is -4.71. The van der Waals surface area contributed by atoms with Gasteiger partial charge in [-0.1, -0.05) is 30.3 Å². The second-order valence-corrected chi connectivity index (χ2v) is 6.59. The molecule has 3 nitrogen and oxygen atoms in total. The molecule has 0 spiro atoms. The van der Waals surface area contributed by atoms with Crippen LogP contribution >= 0.6 is 11.3 Å². The molecule has 0 radical (unpaired) electrons. The fraction of sp³-hybridized carbons (Fsp3) is 0.167. The van der Waals surface area contributed by atoms with E-state index in [2.05, 4.69) is 4.74 Å². The molecule has 25 heavy (non-hydrogen) atoms.